The number of hydrogen-bond donors (Lipinski definition) is 1. The first kappa shape index (κ1) is 21.7. The third-order valence-corrected chi connectivity index (χ3v) is 6.69. The summed E-state index contributed by atoms with van der Waals surface area (Å²) in [6, 6.07) is 20.5. The molecule has 0 radical (unpaired) electrons. The summed E-state index contributed by atoms with van der Waals surface area (Å²) in [5, 5.41) is 9.09. The van der Waals surface area contributed by atoms with Crippen molar-refractivity contribution in [1.82, 2.24) is 14.6 Å². The van der Waals surface area contributed by atoms with Gasteiger partial charge in [-0.15, -0.1) is 16.4 Å². The molecule has 3 heterocycles. The molecule has 10 heteroatoms. The minimum Gasteiger partial charge on any atom is -0.497 e. The van der Waals surface area contributed by atoms with E-state index in [1.165, 1.54) is 11.3 Å². The topological polar surface area (TPSA) is 106 Å². The van der Waals surface area contributed by atoms with Gasteiger partial charge < -0.3 is 4.74 Å². The fourth-order valence-corrected chi connectivity index (χ4v) is 4.88. The van der Waals surface area contributed by atoms with E-state index in [-0.39, 0.29) is 17.8 Å². The standard InChI is InChI=1S/C26H17N5O4S/c1-35-18-12-8-15(9-13-18)21-14-36-26-28-25(29-31(21)26)27-22(32)16-6-10-17(11-7-16)30-23(33)19-4-2-3-5-20(19)24(30)34/h2-14H,1H3,(H,27,29,32). The molecule has 0 spiro atoms. The number of amides is 3. The van der Waals surface area contributed by atoms with Crippen LogP contribution in [-0.2, 0) is 0 Å². The minimum absolute atomic E-state index is 0.172. The number of anilines is 2. The molecule has 0 atom stereocenters. The Bertz CT molecular complexity index is 1620. The van der Waals surface area contributed by atoms with Gasteiger partial charge in [-0.3, -0.25) is 19.7 Å². The molecule has 3 amide bonds. The fourth-order valence-electron chi connectivity index (χ4n) is 4.05. The second-order valence-electron chi connectivity index (χ2n) is 7.97. The van der Waals surface area contributed by atoms with Crippen molar-refractivity contribution in [1.29, 1.82) is 0 Å². The highest BCUT2D eigenvalue weighted by Gasteiger charge is 2.36. The van der Waals surface area contributed by atoms with Gasteiger partial charge in [-0.05, 0) is 60.7 Å². The van der Waals surface area contributed by atoms with Gasteiger partial charge in [0.05, 0.1) is 29.6 Å². The molecule has 36 heavy (non-hydrogen) atoms. The summed E-state index contributed by atoms with van der Waals surface area (Å²) in [5.74, 6) is -0.254. The predicted octanol–water partition coefficient (Wildman–Crippen LogP) is 4.52. The maximum atomic E-state index is 12.8. The summed E-state index contributed by atoms with van der Waals surface area (Å²) in [5.41, 5.74) is 3.24. The van der Waals surface area contributed by atoms with Crippen molar-refractivity contribution >= 4 is 45.7 Å². The van der Waals surface area contributed by atoms with Gasteiger partial charge in [-0.1, -0.05) is 12.1 Å². The average Bonchev–Trinajstić information content (AvgIpc) is 3.56. The van der Waals surface area contributed by atoms with E-state index in [2.05, 4.69) is 15.4 Å². The van der Waals surface area contributed by atoms with E-state index in [0.717, 1.165) is 21.9 Å². The largest absolute Gasteiger partial charge is 0.497 e. The summed E-state index contributed by atoms with van der Waals surface area (Å²) in [6.07, 6.45) is 0. The number of rotatable bonds is 5. The number of aromatic nitrogens is 3. The number of carbonyl (C=O) groups excluding carboxylic acids is 3. The van der Waals surface area contributed by atoms with Crippen LogP contribution in [0.25, 0.3) is 16.2 Å². The lowest BCUT2D eigenvalue weighted by Crippen LogP contribution is -2.29. The number of nitrogens with zero attached hydrogens (tertiary/aromatic N) is 4. The molecule has 3 aromatic carbocycles. The van der Waals surface area contributed by atoms with Crippen molar-refractivity contribution in [2.45, 2.75) is 0 Å². The lowest BCUT2D eigenvalue weighted by molar-refractivity contribution is 0.0925. The van der Waals surface area contributed by atoms with Crippen molar-refractivity contribution in [2.75, 3.05) is 17.3 Å². The van der Waals surface area contributed by atoms with Crippen LogP contribution in [0.2, 0.25) is 0 Å². The van der Waals surface area contributed by atoms with Crippen LogP contribution in [0.3, 0.4) is 0 Å². The van der Waals surface area contributed by atoms with Gasteiger partial charge >= 0.3 is 0 Å². The number of benzene rings is 3. The Hall–Kier alpha value is -4.83. The van der Waals surface area contributed by atoms with Gasteiger partial charge in [-0.2, -0.15) is 4.98 Å². The third-order valence-electron chi connectivity index (χ3n) is 5.87. The lowest BCUT2D eigenvalue weighted by atomic mass is 10.1. The van der Waals surface area contributed by atoms with Crippen LogP contribution in [0, 0.1) is 0 Å². The number of methoxy groups -OCH3 is 1. The molecule has 1 aliphatic heterocycles. The van der Waals surface area contributed by atoms with Gasteiger partial charge in [0.1, 0.15) is 5.75 Å². The molecule has 0 unspecified atom stereocenters. The molecule has 1 N–H and O–H groups in total. The smallest absolute Gasteiger partial charge is 0.266 e. The Balaban J connectivity index is 1.20. The Kier molecular flexibility index (Phi) is 5.08. The summed E-state index contributed by atoms with van der Waals surface area (Å²) in [7, 11) is 1.61. The Labute approximate surface area is 208 Å². The zero-order chi connectivity index (χ0) is 24.8. The molecule has 0 saturated carbocycles. The minimum atomic E-state index is -0.409. The van der Waals surface area contributed by atoms with Gasteiger partial charge in [-0.25, -0.2) is 9.42 Å². The van der Waals surface area contributed by atoms with Crippen molar-refractivity contribution in [3.8, 4) is 17.0 Å². The summed E-state index contributed by atoms with van der Waals surface area (Å²) in [4.78, 5) is 44.3. The number of hydrogen-bond acceptors (Lipinski definition) is 7. The zero-order valence-corrected chi connectivity index (χ0v) is 19.7. The van der Waals surface area contributed by atoms with Crippen LogP contribution >= 0.6 is 11.3 Å². The normalized spacial score (nSPS) is 12.8. The van der Waals surface area contributed by atoms with Crippen molar-refractivity contribution in [2.24, 2.45) is 0 Å². The molecule has 0 saturated heterocycles. The number of carbonyl (C=O) groups is 3. The van der Waals surface area contributed by atoms with E-state index in [1.54, 1.807) is 60.2 Å². The summed E-state index contributed by atoms with van der Waals surface area (Å²) in [6.45, 7) is 0. The van der Waals surface area contributed by atoms with Gasteiger partial charge in [0.15, 0.2) is 0 Å². The summed E-state index contributed by atoms with van der Waals surface area (Å²) >= 11 is 1.41. The molecule has 9 nitrogen and oxygen atoms in total. The molecular weight excluding hydrogens is 478 g/mol. The van der Waals surface area contributed by atoms with E-state index < -0.39 is 5.91 Å². The van der Waals surface area contributed by atoms with Crippen LogP contribution < -0.4 is 15.0 Å². The Morgan fingerprint density at radius 3 is 2.22 bits per heavy atom. The first-order valence-electron chi connectivity index (χ1n) is 10.9. The zero-order valence-electron chi connectivity index (χ0n) is 18.8. The van der Waals surface area contributed by atoms with E-state index in [1.807, 2.05) is 29.6 Å². The van der Waals surface area contributed by atoms with E-state index in [4.69, 9.17) is 4.74 Å². The number of ether oxygens (including phenoxy) is 1. The van der Waals surface area contributed by atoms with Crippen molar-refractivity contribution in [3.63, 3.8) is 0 Å². The number of thiazole rings is 1. The van der Waals surface area contributed by atoms with Crippen LogP contribution in [0.1, 0.15) is 31.1 Å². The molecule has 1 aliphatic rings. The van der Waals surface area contributed by atoms with E-state index >= 15 is 0 Å². The number of imide groups is 1. The number of nitrogens with one attached hydrogen (secondary N) is 1. The third kappa shape index (κ3) is 3.51. The molecule has 0 fully saturated rings. The quantitative estimate of drug-likeness (QED) is 0.360. The SMILES string of the molecule is COc1ccc(-c2csc3nc(NC(=O)c4ccc(N5C(=O)c6ccccc6C5=O)cc4)nn23)cc1. The van der Waals surface area contributed by atoms with Gasteiger partial charge in [0.25, 0.3) is 23.7 Å². The van der Waals surface area contributed by atoms with Crippen LogP contribution in [0.4, 0.5) is 11.6 Å². The second kappa shape index (κ2) is 8.43. The summed E-state index contributed by atoms with van der Waals surface area (Å²) < 4.78 is 6.88. The van der Waals surface area contributed by atoms with Crippen LogP contribution in [0.15, 0.2) is 78.2 Å². The fraction of sp³-hybridized carbons (Fsp3) is 0.0385. The van der Waals surface area contributed by atoms with Crippen LogP contribution in [0.5, 0.6) is 5.75 Å². The first-order valence-corrected chi connectivity index (χ1v) is 11.8. The Morgan fingerprint density at radius 1 is 0.917 bits per heavy atom. The average molecular weight is 496 g/mol. The van der Waals surface area contributed by atoms with E-state index in [0.29, 0.717) is 27.3 Å². The maximum Gasteiger partial charge on any atom is 0.266 e. The van der Waals surface area contributed by atoms with Crippen molar-refractivity contribution < 1.29 is 19.1 Å². The molecule has 5 aromatic rings. The lowest BCUT2D eigenvalue weighted by Gasteiger charge is -2.14. The highest BCUT2D eigenvalue weighted by molar-refractivity contribution is 7.15. The molecular formula is C26H17N5O4S. The molecule has 6 rings (SSSR count). The molecule has 0 bridgehead atoms. The Morgan fingerprint density at radius 2 is 1.58 bits per heavy atom. The predicted molar refractivity (Wildman–Crippen MR) is 135 cm³/mol. The molecule has 0 aliphatic carbocycles. The van der Waals surface area contributed by atoms with Gasteiger partial charge in [0.2, 0.25) is 4.96 Å². The highest BCUT2D eigenvalue weighted by Crippen LogP contribution is 2.29. The first-order chi connectivity index (χ1) is 17.5. The monoisotopic (exact) mass is 495 g/mol. The molecule has 176 valence electrons. The van der Waals surface area contributed by atoms with Crippen LogP contribution in [-0.4, -0.2) is 39.4 Å². The highest BCUT2D eigenvalue weighted by atomic mass is 32.1. The molecule has 2 aromatic heterocycles. The second-order valence-corrected chi connectivity index (χ2v) is 8.81. The van der Waals surface area contributed by atoms with Gasteiger partial charge in [0, 0.05) is 16.5 Å². The van der Waals surface area contributed by atoms with Crippen molar-refractivity contribution in [3.05, 3.63) is 94.9 Å². The van der Waals surface area contributed by atoms with E-state index in [9.17, 15) is 14.4 Å². The maximum absolute atomic E-state index is 12.8. The number of fused-ring (bicyclic) bond motifs is 2.